The zero-order chi connectivity index (χ0) is 16.1. The molecule has 1 saturated heterocycles. The van der Waals surface area contributed by atoms with Gasteiger partial charge in [-0.3, -0.25) is 14.1 Å². The van der Waals surface area contributed by atoms with Crippen LogP contribution in [0.1, 0.15) is 18.9 Å². The van der Waals surface area contributed by atoms with Gasteiger partial charge in [-0.2, -0.15) is 0 Å². The quantitative estimate of drug-likeness (QED) is 0.652. The molecular formula is C16H15BrFN3O2. The maximum Gasteiger partial charge on any atom is 0.329 e. The Morgan fingerprint density at radius 3 is 2.83 bits per heavy atom. The third kappa shape index (κ3) is 2.21. The number of pyridine rings is 1. The van der Waals surface area contributed by atoms with Crippen LogP contribution in [-0.4, -0.2) is 27.3 Å². The van der Waals surface area contributed by atoms with Crippen molar-refractivity contribution in [1.82, 2.24) is 14.1 Å². The normalized spacial score (nSPS) is 16.5. The Bertz CT molecular complexity index is 973. The number of imidazole rings is 1. The van der Waals surface area contributed by atoms with E-state index < -0.39 is 0 Å². The monoisotopic (exact) mass is 379 g/mol. The first kappa shape index (κ1) is 14.8. The highest BCUT2D eigenvalue weighted by Gasteiger charge is 2.23. The molecule has 1 aromatic carbocycles. The molecule has 23 heavy (non-hydrogen) atoms. The van der Waals surface area contributed by atoms with Crippen molar-refractivity contribution in [3.8, 4) is 0 Å². The number of benzene rings is 1. The molecule has 5 nitrogen and oxygen atoms in total. The van der Waals surface area contributed by atoms with Crippen LogP contribution in [0.5, 0.6) is 0 Å². The van der Waals surface area contributed by atoms with Crippen molar-refractivity contribution in [2.24, 2.45) is 7.05 Å². The number of halogens is 2. The predicted octanol–water partition coefficient (Wildman–Crippen LogP) is 3.14. The van der Waals surface area contributed by atoms with E-state index in [1.807, 2.05) is 4.57 Å². The standard InChI is InChI=1S/C16H15BrFN3O2/c1-20-14-8-19-13-7-12(18)11(17)6-10(13)15(14)21(16(20)22)9-2-4-23-5-3-9/h6-9H,2-5H2,1H3. The summed E-state index contributed by atoms with van der Waals surface area (Å²) in [4.78, 5) is 17.1. The van der Waals surface area contributed by atoms with E-state index in [9.17, 15) is 9.18 Å². The molecule has 0 bridgehead atoms. The molecule has 1 fully saturated rings. The highest BCUT2D eigenvalue weighted by Crippen LogP contribution is 2.31. The van der Waals surface area contributed by atoms with E-state index in [0.717, 1.165) is 29.3 Å². The van der Waals surface area contributed by atoms with Gasteiger partial charge < -0.3 is 4.74 Å². The fourth-order valence-electron chi connectivity index (χ4n) is 3.30. The van der Waals surface area contributed by atoms with Crippen molar-refractivity contribution >= 4 is 37.9 Å². The summed E-state index contributed by atoms with van der Waals surface area (Å²) in [5, 5.41) is 0.778. The van der Waals surface area contributed by atoms with E-state index in [4.69, 9.17) is 4.74 Å². The Labute approximate surface area is 139 Å². The van der Waals surface area contributed by atoms with Crippen molar-refractivity contribution in [3.05, 3.63) is 39.1 Å². The molecule has 3 heterocycles. The van der Waals surface area contributed by atoms with E-state index in [-0.39, 0.29) is 17.5 Å². The van der Waals surface area contributed by atoms with Gasteiger partial charge in [-0.05, 0) is 34.8 Å². The molecule has 0 radical (unpaired) electrons. The molecule has 0 saturated carbocycles. The summed E-state index contributed by atoms with van der Waals surface area (Å²) in [5.41, 5.74) is 2.05. The van der Waals surface area contributed by atoms with E-state index in [0.29, 0.717) is 23.2 Å². The first-order chi connectivity index (χ1) is 11.1. The minimum absolute atomic E-state index is 0.0679. The van der Waals surface area contributed by atoms with Crippen LogP contribution in [0.15, 0.2) is 27.6 Å². The smallest absolute Gasteiger partial charge is 0.329 e. The fraction of sp³-hybridized carbons (Fsp3) is 0.375. The molecule has 4 rings (SSSR count). The molecule has 0 spiro atoms. The summed E-state index contributed by atoms with van der Waals surface area (Å²) in [6.07, 6.45) is 3.23. The van der Waals surface area contributed by atoms with E-state index in [1.165, 1.54) is 6.07 Å². The van der Waals surface area contributed by atoms with Crippen molar-refractivity contribution in [2.45, 2.75) is 18.9 Å². The second-order valence-electron chi connectivity index (χ2n) is 5.83. The van der Waals surface area contributed by atoms with Crippen LogP contribution in [0.3, 0.4) is 0 Å². The van der Waals surface area contributed by atoms with Gasteiger partial charge in [0, 0.05) is 37.8 Å². The van der Waals surface area contributed by atoms with Gasteiger partial charge >= 0.3 is 5.69 Å². The van der Waals surface area contributed by atoms with Gasteiger partial charge in [0.1, 0.15) is 5.82 Å². The Morgan fingerprint density at radius 2 is 2.09 bits per heavy atom. The number of aryl methyl sites for hydroxylation is 1. The number of hydrogen-bond acceptors (Lipinski definition) is 3. The second-order valence-corrected chi connectivity index (χ2v) is 6.68. The van der Waals surface area contributed by atoms with Crippen LogP contribution < -0.4 is 5.69 Å². The molecule has 0 unspecified atom stereocenters. The average molecular weight is 380 g/mol. The number of fused-ring (bicyclic) bond motifs is 3. The van der Waals surface area contributed by atoms with Gasteiger partial charge in [0.05, 0.1) is 27.2 Å². The lowest BCUT2D eigenvalue weighted by Crippen LogP contribution is -2.29. The third-order valence-corrected chi connectivity index (χ3v) is 5.12. The first-order valence-electron chi connectivity index (χ1n) is 7.50. The Kier molecular flexibility index (Phi) is 3.50. The summed E-state index contributed by atoms with van der Waals surface area (Å²) in [5.74, 6) is -0.361. The fourth-order valence-corrected chi connectivity index (χ4v) is 3.65. The lowest BCUT2D eigenvalue weighted by molar-refractivity contribution is 0.0697. The Morgan fingerprint density at radius 1 is 1.35 bits per heavy atom. The number of ether oxygens (including phenoxy) is 1. The maximum atomic E-state index is 13.8. The van der Waals surface area contributed by atoms with Crippen molar-refractivity contribution < 1.29 is 9.13 Å². The van der Waals surface area contributed by atoms with Gasteiger partial charge in [-0.1, -0.05) is 0 Å². The summed E-state index contributed by atoms with van der Waals surface area (Å²) in [6.45, 7) is 1.30. The summed E-state index contributed by atoms with van der Waals surface area (Å²) < 4.78 is 23.0. The van der Waals surface area contributed by atoms with E-state index in [2.05, 4.69) is 20.9 Å². The number of nitrogens with zero attached hydrogens (tertiary/aromatic N) is 3. The lowest BCUT2D eigenvalue weighted by Gasteiger charge is -2.23. The summed E-state index contributed by atoms with van der Waals surface area (Å²) in [6, 6.07) is 3.19. The zero-order valence-electron chi connectivity index (χ0n) is 12.6. The third-order valence-electron chi connectivity index (χ3n) is 4.51. The summed E-state index contributed by atoms with van der Waals surface area (Å²) >= 11 is 3.23. The maximum absolute atomic E-state index is 13.8. The average Bonchev–Trinajstić information content (AvgIpc) is 2.81. The minimum atomic E-state index is -0.361. The summed E-state index contributed by atoms with van der Waals surface area (Å²) in [7, 11) is 1.74. The lowest BCUT2D eigenvalue weighted by atomic mass is 10.1. The second kappa shape index (κ2) is 5.42. The van der Waals surface area contributed by atoms with Crippen LogP contribution in [0.2, 0.25) is 0 Å². The largest absolute Gasteiger partial charge is 0.381 e. The predicted molar refractivity (Wildman–Crippen MR) is 89.2 cm³/mol. The van der Waals surface area contributed by atoms with Crippen LogP contribution in [0, 0.1) is 5.82 Å². The minimum Gasteiger partial charge on any atom is -0.381 e. The molecule has 1 aliphatic heterocycles. The first-order valence-corrected chi connectivity index (χ1v) is 8.29. The molecular weight excluding hydrogens is 365 g/mol. The molecule has 0 N–H and O–H groups in total. The van der Waals surface area contributed by atoms with Crippen LogP contribution in [0.4, 0.5) is 4.39 Å². The SMILES string of the molecule is Cn1c(=O)n(C2CCOCC2)c2c3cc(Br)c(F)cc3ncc21. The number of aromatic nitrogens is 3. The van der Waals surface area contributed by atoms with Gasteiger partial charge in [-0.15, -0.1) is 0 Å². The molecule has 7 heteroatoms. The van der Waals surface area contributed by atoms with Crippen LogP contribution in [0.25, 0.3) is 21.9 Å². The highest BCUT2D eigenvalue weighted by molar-refractivity contribution is 9.10. The molecule has 0 atom stereocenters. The number of rotatable bonds is 1. The van der Waals surface area contributed by atoms with Crippen molar-refractivity contribution in [3.63, 3.8) is 0 Å². The zero-order valence-corrected chi connectivity index (χ0v) is 14.1. The number of hydrogen-bond donors (Lipinski definition) is 0. The van der Waals surface area contributed by atoms with Gasteiger partial charge in [0.25, 0.3) is 0 Å². The Balaban J connectivity index is 2.11. The van der Waals surface area contributed by atoms with Gasteiger partial charge in [0.2, 0.25) is 0 Å². The Hall–Kier alpha value is -1.73. The van der Waals surface area contributed by atoms with Gasteiger partial charge in [-0.25, -0.2) is 9.18 Å². The molecule has 120 valence electrons. The topological polar surface area (TPSA) is 49.0 Å². The van der Waals surface area contributed by atoms with Crippen molar-refractivity contribution in [1.29, 1.82) is 0 Å². The van der Waals surface area contributed by atoms with E-state index >= 15 is 0 Å². The molecule has 2 aromatic heterocycles. The van der Waals surface area contributed by atoms with Crippen molar-refractivity contribution in [2.75, 3.05) is 13.2 Å². The highest BCUT2D eigenvalue weighted by atomic mass is 79.9. The van der Waals surface area contributed by atoms with Crippen LogP contribution >= 0.6 is 15.9 Å². The molecule has 0 amide bonds. The molecule has 1 aliphatic rings. The van der Waals surface area contributed by atoms with Gasteiger partial charge in [0.15, 0.2) is 0 Å². The molecule has 3 aromatic rings. The molecule has 0 aliphatic carbocycles. The van der Waals surface area contributed by atoms with E-state index in [1.54, 1.807) is 23.9 Å². The van der Waals surface area contributed by atoms with Crippen LogP contribution in [-0.2, 0) is 11.8 Å².